The number of benzene rings is 1. The maximum atomic E-state index is 13.1. The summed E-state index contributed by atoms with van der Waals surface area (Å²) in [6.45, 7) is 8.22. The summed E-state index contributed by atoms with van der Waals surface area (Å²) in [5, 5.41) is 9.07. The van der Waals surface area contributed by atoms with Crippen molar-refractivity contribution in [1.29, 1.82) is 0 Å². The lowest BCUT2D eigenvalue weighted by Gasteiger charge is -2.37. The van der Waals surface area contributed by atoms with Gasteiger partial charge < -0.3 is 4.90 Å². The van der Waals surface area contributed by atoms with Crippen LogP contribution in [0.25, 0.3) is 11.4 Å². The Kier molecular flexibility index (Phi) is 4.51. The average molecular weight is 364 g/mol. The minimum absolute atomic E-state index is 0.0450. The molecule has 0 bridgehead atoms. The lowest BCUT2D eigenvalue weighted by atomic mass is 9.99. The van der Waals surface area contributed by atoms with E-state index < -0.39 is 0 Å². The second-order valence-corrected chi connectivity index (χ2v) is 7.13. The highest BCUT2D eigenvalue weighted by Gasteiger charge is 2.37. The summed E-state index contributed by atoms with van der Waals surface area (Å²) < 4.78 is 3.72. The van der Waals surface area contributed by atoms with E-state index in [1.165, 1.54) is 0 Å². The first-order chi connectivity index (χ1) is 13.1. The molecule has 0 saturated carbocycles. The largest absolute Gasteiger partial charge is 0.325 e. The van der Waals surface area contributed by atoms with Crippen molar-refractivity contribution in [2.75, 3.05) is 6.54 Å². The van der Waals surface area contributed by atoms with Crippen LogP contribution >= 0.6 is 0 Å². The van der Waals surface area contributed by atoms with Crippen LogP contribution in [0.1, 0.15) is 43.1 Å². The standard InChI is InChI=1S/C20H24N6O/c1-4-24-11-10-16(22-24)20(27)25-12-13-26-19(17(25)14(2)3)21-18(23-26)15-8-6-5-7-9-15/h5-11,14,17H,4,12-13H2,1-3H3/t17-/m0/s1. The molecule has 27 heavy (non-hydrogen) atoms. The minimum atomic E-state index is -0.122. The predicted molar refractivity (Wildman–Crippen MR) is 102 cm³/mol. The number of aromatic nitrogens is 5. The summed E-state index contributed by atoms with van der Waals surface area (Å²) >= 11 is 0. The number of hydrogen-bond acceptors (Lipinski definition) is 4. The molecule has 140 valence electrons. The Bertz CT molecular complexity index is 943. The smallest absolute Gasteiger partial charge is 0.275 e. The van der Waals surface area contributed by atoms with Gasteiger partial charge in [0.15, 0.2) is 11.6 Å². The van der Waals surface area contributed by atoms with Crippen LogP contribution in [-0.4, -0.2) is 41.9 Å². The average Bonchev–Trinajstić information content (AvgIpc) is 3.34. The van der Waals surface area contributed by atoms with Crippen molar-refractivity contribution in [3.8, 4) is 11.4 Å². The van der Waals surface area contributed by atoms with Crippen LogP contribution in [0.2, 0.25) is 0 Å². The third-order valence-electron chi connectivity index (χ3n) is 4.96. The summed E-state index contributed by atoms with van der Waals surface area (Å²) in [5.74, 6) is 1.73. The van der Waals surface area contributed by atoms with Gasteiger partial charge in [0, 0.05) is 24.8 Å². The molecular weight excluding hydrogens is 340 g/mol. The van der Waals surface area contributed by atoms with Crippen molar-refractivity contribution in [2.24, 2.45) is 5.92 Å². The maximum absolute atomic E-state index is 13.1. The lowest BCUT2D eigenvalue weighted by Crippen LogP contribution is -2.44. The molecule has 1 aliphatic rings. The second-order valence-electron chi connectivity index (χ2n) is 7.13. The first-order valence-corrected chi connectivity index (χ1v) is 9.43. The predicted octanol–water partition coefficient (Wildman–Crippen LogP) is 3.01. The van der Waals surface area contributed by atoms with Crippen molar-refractivity contribution < 1.29 is 4.79 Å². The van der Waals surface area contributed by atoms with Crippen LogP contribution in [0.3, 0.4) is 0 Å². The number of aryl methyl sites for hydroxylation is 1. The highest BCUT2D eigenvalue weighted by Crippen LogP contribution is 2.33. The van der Waals surface area contributed by atoms with Crippen molar-refractivity contribution in [3.63, 3.8) is 0 Å². The van der Waals surface area contributed by atoms with Gasteiger partial charge in [-0.1, -0.05) is 44.2 Å². The van der Waals surface area contributed by atoms with E-state index in [0.717, 1.165) is 17.9 Å². The molecule has 0 aliphatic carbocycles. The van der Waals surface area contributed by atoms with E-state index in [0.29, 0.717) is 24.6 Å². The molecule has 0 unspecified atom stereocenters. The van der Waals surface area contributed by atoms with Gasteiger partial charge >= 0.3 is 0 Å². The van der Waals surface area contributed by atoms with Gasteiger partial charge in [0.2, 0.25) is 0 Å². The van der Waals surface area contributed by atoms with E-state index in [-0.39, 0.29) is 17.9 Å². The molecule has 0 N–H and O–H groups in total. The second kappa shape index (κ2) is 6.98. The van der Waals surface area contributed by atoms with Gasteiger partial charge in [-0.15, -0.1) is 0 Å². The van der Waals surface area contributed by atoms with Gasteiger partial charge in [0.1, 0.15) is 5.69 Å². The fourth-order valence-electron chi connectivity index (χ4n) is 3.61. The fraction of sp³-hybridized carbons (Fsp3) is 0.400. The molecule has 3 heterocycles. The Hall–Kier alpha value is -2.96. The number of nitrogens with zero attached hydrogens (tertiary/aromatic N) is 6. The number of fused-ring (bicyclic) bond motifs is 1. The molecule has 0 saturated heterocycles. The highest BCUT2D eigenvalue weighted by atomic mass is 16.2. The Labute approximate surface area is 158 Å². The molecule has 2 aromatic heterocycles. The van der Waals surface area contributed by atoms with Gasteiger partial charge in [-0.05, 0) is 18.9 Å². The van der Waals surface area contributed by atoms with E-state index in [1.807, 2.05) is 53.0 Å². The van der Waals surface area contributed by atoms with E-state index in [9.17, 15) is 4.79 Å². The molecule has 4 rings (SSSR count). The number of carbonyl (C=O) groups is 1. The van der Waals surface area contributed by atoms with Gasteiger partial charge in [-0.2, -0.15) is 10.2 Å². The van der Waals surface area contributed by atoms with Crippen molar-refractivity contribution in [1.82, 2.24) is 29.4 Å². The summed E-state index contributed by atoms with van der Waals surface area (Å²) in [5.41, 5.74) is 1.47. The molecule has 0 fully saturated rings. The molecule has 3 aromatic rings. The summed E-state index contributed by atoms with van der Waals surface area (Å²) in [6.07, 6.45) is 1.84. The normalized spacial score (nSPS) is 16.6. The zero-order valence-corrected chi connectivity index (χ0v) is 15.9. The van der Waals surface area contributed by atoms with Crippen LogP contribution in [0.5, 0.6) is 0 Å². The molecule has 0 radical (unpaired) electrons. The van der Waals surface area contributed by atoms with Crippen LogP contribution in [0.4, 0.5) is 0 Å². The molecule has 1 atom stereocenters. The van der Waals surface area contributed by atoms with Crippen LogP contribution in [-0.2, 0) is 13.1 Å². The topological polar surface area (TPSA) is 68.8 Å². The van der Waals surface area contributed by atoms with E-state index in [4.69, 9.17) is 4.98 Å². The molecule has 1 aromatic carbocycles. The summed E-state index contributed by atoms with van der Waals surface area (Å²) in [7, 11) is 0. The summed E-state index contributed by atoms with van der Waals surface area (Å²) in [6, 6.07) is 11.6. The zero-order valence-electron chi connectivity index (χ0n) is 15.9. The van der Waals surface area contributed by atoms with Gasteiger partial charge in [-0.25, -0.2) is 9.67 Å². The van der Waals surface area contributed by atoms with Crippen molar-refractivity contribution >= 4 is 5.91 Å². The Morgan fingerprint density at radius 1 is 1.15 bits per heavy atom. The minimum Gasteiger partial charge on any atom is -0.325 e. The molecule has 1 aliphatic heterocycles. The maximum Gasteiger partial charge on any atom is 0.275 e. The van der Waals surface area contributed by atoms with E-state index in [1.54, 1.807) is 10.7 Å². The van der Waals surface area contributed by atoms with Gasteiger partial charge in [-0.3, -0.25) is 9.48 Å². The molecule has 7 heteroatoms. The van der Waals surface area contributed by atoms with Gasteiger partial charge in [0.25, 0.3) is 5.91 Å². The number of hydrogen-bond donors (Lipinski definition) is 0. The third kappa shape index (κ3) is 3.13. The molecule has 7 nitrogen and oxygen atoms in total. The van der Waals surface area contributed by atoms with Crippen LogP contribution < -0.4 is 0 Å². The zero-order chi connectivity index (χ0) is 19.0. The molecule has 0 spiro atoms. The van der Waals surface area contributed by atoms with E-state index >= 15 is 0 Å². The van der Waals surface area contributed by atoms with E-state index in [2.05, 4.69) is 24.0 Å². The Morgan fingerprint density at radius 3 is 2.59 bits per heavy atom. The van der Waals surface area contributed by atoms with Crippen molar-refractivity contribution in [2.45, 2.75) is 39.9 Å². The molecular formula is C20H24N6O. The first-order valence-electron chi connectivity index (χ1n) is 9.43. The third-order valence-corrected chi connectivity index (χ3v) is 4.96. The van der Waals surface area contributed by atoms with Crippen LogP contribution in [0.15, 0.2) is 42.6 Å². The SMILES string of the molecule is CCn1ccc(C(=O)N2CCn3nc(-c4ccccc4)nc3[C@@H]2C(C)C)n1. The summed E-state index contributed by atoms with van der Waals surface area (Å²) in [4.78, 5) is 19.8. The Balaban J connectivity index is 1.69. The van der Waals surface area contributed by atoms with Crippen LogP contribution in [0, 0.1) is 5.92 Å². The fourth-order valence-corrected chi connectivity index (χ4v) is 3.61. The first kappa shape index (κ1) is 17.5. The number of rotatable bonds is 4. The monoisotopic (exact) mass is 364 g/mol. The highest BCUT2D eigenvalue weighted by molar-refractivity contribution is 5.92. The lowest BCUT2D eigenvalue weighted by molar-refractivity contribution is 0.0530. The van der Waals surface area contributed by atoms with Gasteiger partial charge in [0.05, 0.1) is 12.6 Å². The quantitative estimate of drug-likeness (QED) is 0.714. The van der Waals surface area contributed by atoms with Crippen molar-refractivity contribution in [3.05, 3.63) is 54.1 Å². The molecule has 1 amide bonds. The number of amides is 1. The number of carbonyl (C=O) groups excluding carboxylic acids is 1. The Morgan fingerprint density at radius 2 is 1.93 bits per heavy atom.